The van der Waals surface area contributed by atoms with E-state index in [4.69, 9.17) is 0 Å². The predicted octanol–water partition coefficient (Wildman–Crippen LogP) is 2.62. The summed E-state index contributed by atoms with van der Waals surface area (Å²) in [6, 6.07) is 8.11. The third-order valence-corrected chi connectivity index (χ3v) is 4.01. The van der Waals surface area contributed by atoms with E-state index in [9.17, 15) is 4.79 Å². The Morgan fingerprint density at radius 3 is 3.05 bits per heavy atom. The first kappa shape index (κ1) is 13.8. The van der Waals surface area contributed by atoms with Crippen LogP contribution in [0.25, 0.3) is 10.9 Å². The van der Waals surface area contributed by atoms with Gasteiger partial charge in [0.25, 0.3) is 5.91 Å². The number of amides is 1. The van der Waals surface area contributed by atoms with Crippen LogP contribution in [0.4, 0.5) is 0 Å². The van der Waals surface area contributed by atoms with E-state index in [2.05, 4.69) is 21.5 Å². The van der Waals surface area contributed by atoms with Crippen molar-refractivity contribution in [3.8, 4) is 0 Å². The molecule has 6 heteroatoms. The van der Waals surface area contributed by atoms with E-state index >= 15 is 0 Å². The number of hydrogen-bond donors (Lipinski definition) is 1. The molecule has 2 heterocycles. The molecule has 1 N–H and O–H groups in total. The molecule has 1 amide bonds. The molecule has 0 atom stereocenters. The number of nitrogens with zero attached hydrogens (tertiary/aromatic N) is 3. The molecule has 0 fully saturated rings. The van der Waals surface area contributed by atoms with Crippen molar-refractivity contribution >= 4 is 28.1 Å². The van der Waals surface area contributed by atoms with Gasteiger partial charge in [-0.3, -0.25) is 9.48 Å². The minimum Gasteiger partial charge on any atom is -0.351 e. The van der Waals surface area contributed by atoms with Crippen LogP contribution in [-0.4, -0.2) is 27.2 Å². The maximum absolute atomic E-state index is 11.8. The van der Waals surface area contributed by atoms with Crippen LogP contribution in [0.5, 0.6) is 0 Å². The lowest BCUT2D eigenvalue weighted by atomic mass is 10.2. The Morgan fingerprint density at radius 1 is 1.38 bits per heavy atom. The van der Waals surface area contributed by atoms with Crippen molar-refractivity contribution in [2.75, 3.05) is 6.54 Å². The average molecular weight is 300 g/mol. The Bertz CT molecular complexity index is 762. The van der Waals surface area contributed by atoms with Gasteiger partial charge in [0.2, 0.25) is 0 Å². The fourth-order valence-corrected chi connectivity index (χ4v) is 2.79. The molecule has 5 nitrogen and oxygen atoms in total. The van der Waals surface area contributed by atoms with E-state index in [1.165, 1.54) is 11.3 Å². The number of carbonyl (C=O) groups is 1. The third kappa shape index (κ3) is 3.11. The highest BCUT2D eigenvalue weighted by Gasteiger charge is 2.08. The maximum Gasteiger partial charge on any atom is 0.270 e. The van der Waals surface area contributed by atoms with Gasteiger partial charge in [-0.15, -0.1) is 11.3 Å². The molecule has 0 saturated heterocycles. The fraction of sp³-hybridized carbons (Fsp3) is 0.267. The van der Waals surface area contributed by atoms with Crippen LogP contribution in [0.15, 0.2) is 35.8 Å². The van der Waals surface area contributed by atoms with Crippen LogP contribution in [0.3, 0.4) is 0 Å². The Balaban J connectivity index is 1.51. The molecule has 0 aliphatic rings. The molecule has 0 aliphatic carbocycles. The zero-order valence-corrected chi connectivity index (χ0v) is 12.6. The number of benzene rings is 1. The van der Waals surface area contributed by atoms with Crippen LogP contribution in [0, 0.1) is 6.92 Å². The summed E-state index contributed by atoms with van der Waals surface area (Å²) in [5, 5.41) is 11.1. The van der Waals surface area contributed by atoms with E-state index < -0.39 is 0 Å². The second-order valence-corrected chi connectivity index (χ2v) is 5.85. The summed E-state index contributed by atoms with van der Waals surface area (Å²) in [5.41, 5.74) is 1.63. The van der Waals surface area contributed by atoms with Crippen molar-refractivity contribution in [2.24, 2.45) is 0 Å². The number of fused-ring (bicyclic) bond motifs is 1. The summed E-state index contributed by atoms with van der Waals surface area (Å²) >= 11 is 1.49. The van der Waals surface area contributed by atoms with Gasteiger partial charge in [-0.05, 0) is 19.4 Å². The second kappa shape index (κ2) is 6.05. The van der Waals surface area contributed by atoms with E-state index in [1.807, 2.05) is 36.0 Å². The largest absolute Gasteiger partial charge is 0.351 e. The van der Waals surface area contributed by atoms with Crippen molar-refractivity contribution in [3.05, 3.63) is 46.5 Å². The van der Waals surface area contributed by atoms with Gasteiger partial charge < -0.3 is 5.32 Å². The summed E-state index contributed by atoms with van der Waals surface area (Å²) in [6.07, 6.45) is 2.70. The van der Waals surface area contributed by atoms with Crippen LogP contribution in [-0.2, 0) is 6.54 Å². The van der Waals surface area contributed by atoms with Gasteiger partial charge in [-0.25, -0.2) is 4.98 Å². The van der Waals surface area contributed by atoms with Gasteiger partial charge in [0.15, 0.2) is 0 Å². The number of aromatic nitrogens is 3. The molecule has 3 rings (SSSR count). The van der Waals surface area contributed by atoms with Gasteiger partial charge in [-0.2, -0.15) is 5.10 Å². The first-order valence-corrected chi connectivity index (χ1v) is 7.73. The second-order valence-electron chi connectivity index (χ2n) is 4.79. The molecule has 2 aromatic heterocycles. The Labute approximate surface area is 126 Å². The van der Waals surface area contributed by atoms with Gasteiger partial charge in [0, 0.05) is 23.9 Å². The van der Waals surface area contributed by atoms with E-state index in [0.717, 1.165) is 28.9 Å². The van der Waals surface area contributed by atoms with Crippen molar-refractivity contribution in [3.63, 3.8) is 0 Å². The van der Waals surface area contributed by atoms with E-state index in [0.29, 0.717) is 12.2 Å². The Morgan fingerprint density at radius 2 is 2.24 bits per heavy atom. The number of para-hydroxylation sites is 1. The molecule has 0 aliphatic heterocycles. The minimum atomic E-state index is -0.107. The standard InChI is InChI=1S/C15H16N4OS/c1-11-18-13(10-21-11)15(20)16-7-4-8-19-14-6-3-2-5-12(14)9-17-19/h2-3,5-6,9-10H,4,7-8H2,1H3,(H,16,20). The highest BCUT2D eigenvalue weighted by atomic mass is 32.1. The number of nitrogens with one attached hydrogen (secondary N) is 1. The minimum absolute atomic E-state index is 0.107. The zero-order chi connectivity index (χ0) is 14.7. The number of hydrogen-bond acceptors (Lipinski definition) is 4. The quantitative estimate of drug-likeness (QED) is 0.737. The zero-order valence-electron chi connectivity index (χ0n) is 11.7. The molecule has 3 aromatic rings. The molecule has 0 spiro atoms. The molecular formula is C15H16N4OS. The molecule has 108 valence electrons. The topological polar surface area (TPSA) is 59.8 Å². The number of carbonyl (C=O) groups excluding carboxylic acids is 1. The van der Waals surface area contributed by atoms with Gasteiger partial charge in [-0.1, -0.05) is 18.2 Å². The van der Waals surface area contributed by atoms with Crippen molar-refractivity contribution in [2.45, 2.75) is 19.9 Å². The van der Waals surface area contributed by atoms with Crippen molar-refractivity contribution < 1.29 is 4.79 Å². The maximum atomic E-state index is 11.8. The van der Waals surface area contributed by atoms with Crippen molar-refractivity contribution in [1.29, 1.82) is 0 Å². The molecule has 0 radical (unpaired) electrons. The highest BCUT2D eigenvalue weighted by molar-refractivity contribution is 7.09. The smallest absolute Gasteiger partial charge is 0.270 e. The lowest BCUT2D eigenvalue weighted by molar-refractivity contribution is 0.0948. The Kier molecular flexibility index (Phi) is 3.96. The third-order valence-electron chi connectivity index (χ3n) is 3.23. The van der Waals surface area contributed by atoms with Crippen molar-refractivity contribution in [1.82, 2.24) is 20.1 Å². The molecule has 0 bridgehead atoms. The summed E-state index contributed by atoms with van der Waals surface area (Å²) < 4.78 is 1.97. The lowest BCUT2D eigenvalue weighted by Crippen LogP contribution is -2.25. The molecule has 0 saturated carbocycles. The van der Waals surface area contributed by atoms with E-state index in [1.54, 1.807) is 5.38 Å². The van der Waals surface area contributed by atoms with Crippen LogP contribution >= 0.6 is 11.3 Å². The molecule has 1 aromatic carbocycles. The van der Waals surface area contributed by atoms with Crippen LogP contribution < -0.4 is 5.32 Å². The molecule has 0 unspecified atom stereocenters. The normalized spacial score (nSPS) is 10.9. The monoisotopic (exact) mass is 300 g/mol. The van der Waals surface area contributed by atoms with Crippen LogP contribution in [0.1, 0.15) is 21.9 Å². The molecular weight excluding hydrogens is 284 g/mol. The summed E-state index contributed by atoms with van der Waals surface area (Å²) in [5.74, 6) is -0.107. The van der Waals surface area contributed by atoms with Gasteiger partial charge in [0.1, 0.15) is 5.69 Å². The Hall–Kier alpha value is -2.21. The average Bonchev–Trinajstić information content (AvgIpc) is 3.10. The predicted molar refractivity (Wildman–Crippen MR) is 83.5 cm³/mol. The van der Waals surface area contributed by atoms with E-state index in [-0.39, 0.29) is 5.91 Å². The number of aryl methyl sites for hydroxylation is 2. The summed E-state index contributed by atoms with van der Waals surface area (Å²) in [6.45, 7) is 3.29. The van der Waals surface area contributed by atoms with Crippen LogP contribution in [0.2, 0.25) is 0 Å². The summed E-state index contributed by atoms with van der Waals surface area (Å²) in [4.78, 5) is 16.0. The van der Waals surface area contributed by atoms with Gasteiger partial charge >= 0.3 is 0 Å². The first-order chi connectivity index (χ1) is 10.2. The SMILES string of the molecule is Cc1nc(C(=O)NCCCn2ncc3ccccc32)cs1. The highest BCUT2D eigenvalue weighted by Crippen LogP contribution is 2.12. The number of rotatable bonds is 5. The molecule has 21 heavy (non-hydrogen) atoms. The van der Waals surface area contributed by atoms with Gasteiger partial charge in [0.05, 0.1) is 16.7 Å². The summed E-state index contributed by atoms with van der Waals surface area (Å²) in [7, 11) is 0. The first-order valence-electron chi connectivity index (χ1n) is 6.85. The number of thiazole rings is 1. The fourth-order valence-electron chi connectivity index (χ4n) is 2.19. The lowest BCUT2D eigenvalue weighted by Gasteiger charge is -2.05.